The van der Waals surface area contributed by atoms with Gasteiger partial charge in [0.1, 0.15) is 11.4 Å². The van der Waals surface area contributed by atoms with Crippen molar-refractivity contribution in [1.82, 2.24) is 4.57 Å². The van der Waals surface area contributed by atoms with Crippen molar-refractivity contribution in [1.29, 1.82) is 0 Å². The number of sulfonamides is 1. The Morgan fingerprint density at radius 3 is 2.68 bits per heavy atom. The SMILES string of the molecule is COC(=O)Cn1cc(S(=O)(=O)Nc2cccc(Cl)c2)c2cc([N+](=O)[O-])ccc21. The molecule has 9 nitrogen and oxygen atoms in total. The fourth-order valence-corrected chi connectivity index (χ4v) is 4.13. The Kier molecular flexibility index (Phi) is 5.25. The third-order valence-electron chi connectivity index (χ3n) is 3.93. The predicted molar refractivity (Wildman–Crippen MR) is 103 cm³/mol. The molecule has 2 aromatic carbocycles. The topological polar surface area (TPSA) is 121 Å². The van der Waals surface area contributed by atoms with E-state index in [1.54, 1.807) is 12.1 Å². The Morgan fingerprint density at radius 2 is 2.04 bits per heavy atom. The number of carbonyl (C=O) groups excluding carboxylic acids is 1. The average molecular weight is 424 g/mol. The molecule has 0 radical (unpaired) electrons. The molecule has 0 spiro atoms. The number of hydrogen-bond acceptors (Lipinski definition) is 6. The predicted octanol–water partition coefficient (Wildman–Crippen LogP) is 3.18. The molecule has 1 heterocycles. The van der Waals surface area contributed by atoms with E-state index in [4.69, 9.17) is 11.6 Å². The maximum atomic E-state index is 12.9. The molecule has 11 heteroatoms. The van der Waals surface area contributed by atoms with E-state index in [0.29, 0.717) is 10.5 Å². The van der Waals surface area contributed by atoms with E-state index in [0.717, 1.165) is 6.07 Å². The number of nitrogens with zero attached hydrogens (tertiary/aromatic N) is 2. The van der Waals surface area contributed by atoms with Crippen LogP contribution < -0.4 is 4.72 Å². The summed E-state index contributed by atoms with van der Waals surface area (Å²) < 4.78 is 34.2. The van der Waals surface area contributed by atoms with Gasteiger partial charge in [0.25, 0.3) is 15.7 Å². The maximum absolute atomic E-state index is 12.9. The number of fused-ring (bicyclic) bond motifs is 1. The second kappa shape index (κ2) is 7.49. The molecule has 0 saturated heterocycles. The van der Waals surface area contributed by atoms with Gasteiger partial charge in [-0.3, -0.25) is 19.6 Å². The summed E-state index contributed by atoms with van der Waals surface area (Å²) in [5.41, 5.74) is 0.289. The minimum atomic E-state index is -4.13. The summed E-state index contributed by atoms with van der Waals surface area (Å²) in [7, 11) is -2.92. The lowest BCUT2D eigenvalue weighted by Gasteiger charge is -2.07. The smallest absolute Gasteiger partial charge is 0.325 e. The van der Waals surface area contributed by atoms with E-state index >= 15 is 0 Å². The molecule has 3 aromatic rings. The number of non-ortho nitro benzene ring substituents is 1. The summed E-state index contributed by atoms with van der Waals surface area (Å²) >= 11 is 5.88. The number of ether oxygens (including phenoxy) is 1. The Hall–Kier alpha value is -3.11. The van der Waals surface area contributed by atoms with Gasteiger partial charge >= 0.3 is 5.97 Å². The highest BCUT2D eigenvalue weighted by atomic mass is 35.5. The van der Waals surface area contributed by atoms with E-state index in [2.05, 4.69) is 9.46 Å². The average Bonchev–Trinajstić information content (AvgIpc) is 3.00. The molecule has 146 valence electrons. The molecule has 1 aromatic heterocycles. The fourth-order valence-electron chi connectivity index (χ4n) is 2.68. The number of methoxy groups -OCH3 is 1. The summed E-state index contributed by atoms with van der Waals surface area (Å²) in [6, 6.07) is 9.87. The first-order valence-electron chi connectivity index (χ1n) is 7.84. The molecule has 0 aliphatic heterocycles. The van der Waals surface area contributed by atoms with Gasteiger partial charge in [-0.2, -0.15) is 0 Å². The standard InChI is InChI=1S/C17H14ClN3O6S/c1-27-17(22)10-20-9-16(14-8-13(21(23)24)5-6-15(14)20)28(25,26)19-12-4-2-3-11(18)7-12/h2-9,19H,10H2,1H3. The molecule has 0 saturated carbocycles. The molecule has 1 N–H and O–H groups in total. The fraction of sp³-hybridized carbons (Fsp3) is 0.118. The molecular weight excluding hydrogens is 410 g/mol. The number of benzene rings is 2. The van der Waals surface area contributed by atoms with Crippen LogP contribution in [0.1, 0.15) is 0 Å². The lowest BCUT2D eigenvalue weighted by molar-refractivity contribution is -0.384. The largest absolute Gasteiger partial charge is 0.468 e. The van der Waals surface area contributed by atoms with Crippen LogP contribution in [0.2, 0.25) is 5.02 Å². The molecular formula is C17H14ClN3O6S. The van der Waals surface area contributed by atoms with E-state index in [-0.39, 0.29) is 28.2 Å². The lowest BCUT2D eigenvalue weighted by atomic mass is 10.2. The molecule has 0 aliphatic rings. The van der Waals surface area contributed by atoms with Gasteiger partial charge in [-0.1, -0.05) is 17.7 Å². The van der Waals surface area contributed by atoms with Crippen molar-refractivity contribution in [3.63, 3.8) is 0 Å². The van der Waals surface area contributed by atoms with Crippen molar-refractivity contribution in [3.8, 4) is 0 Å². The summed E-state index contributed by atoms with van der Waals surface area (Å²) in [5.74, 6) is -0.595. The number of anilines is 1. The number of aromatic nitrogens is 1. The Balaban J connectivity index is 2.15. The van der Waals surface area contributed by atoms with Crippen LogP contribution in [0.3, 0.4) is 0 Å². The van der Waals surface area contributed by atoms with Gasteiger partial charge in [0.15, 0.2) is 0 Å². The third-order valence-corrected chi connectivity index (χ3v) is 5.58. The minimum Gasteiger partial charge on any atom is -0.468 e. The summed E-state index contributed by atoms with van der Waals surface area (Å²) in [6.45, 7) is -0.252. The first-order valence-corrected chi connectivity index (χ1v) is 9.70. The molecule has 0 bridgehead atoms. The van der Waals surface area contributed by atoms with Crippen LogP contribution in [-0.2, 0) is 26.1 Å². The number of nitro groups is 1. The van der Waals surface area contributed by atoms with Crippen LogP contribution in [-0.4, -0.2) is 31.0 Å². The Morgan fingerprint density at radius 1 is 1.29 bits per heavy atom. The summed E-state index contributed by atoms with van der Waals surface area (Å²) in [5, 5.41) is 11.6. The highest BCUT2D eigenvalue weighted by Crippen LogP contribution is 2.30. The van der Waals surface area contributed by atoms with Gasteiger partial charge < -0.3 is 9.30 Å². The molecule has 0 amide bonds. The van der Waals surface area contributed by atoms with Gasteiger partial charge in [-0.25, -0.2) is 8.42 Å². The first kappa shape index (κ1) is 19.6. The quantitative estimate of drug-likeness (QED) is 0.369. The normalized spacial score (nSPS) is 11.4. The van der Waals surface area contributed by atoms with Crippen molar-refractivity contribution >= 4 is 49.9 Å². The second-order valence-electron chi connectivity index (χ2n) is 5.77. The van der Waals surface area contributed by atoms with Crippen molar-refractivity contribution in [2.45, 2.75) is 11.4 Å². The van der Waals surface area contributed by atoms with Crippen LogP contribution in [0.15, 0.2) is 53.6 Å². The number of carbonyl (C=O) groups is 1. The van der Waals surface area contributed by atoms with E-state index < -0.39 is 20.9 Å². The molecule has 0 unspecified atom stereocenters. The van der Waals surface area contributed by atoms with Gasteiger partial charge in [-0.05, 0) is 24.3 Å². The zero-order valence-electron chi connectivity index (χ0n) is 14.5. The zero-order valence-corrected chi connectivity index (χ0v) is 16.0. The van der Waals surface area contributed by atoms with Crippen molar-refractivity contribution in [2.24, 2.45) is 0 Å². The third kappa shape index (κ3) is 3.92. The van der Waals surface area contributed by atoms with E-state index in [1.807, 2.05) is 0 Å². The van der Waals surface area contributed by atoms with Gasteiger partial charge in [-0.15, -0.1) is 0 Å². The monoisotopic (exact) mass is 423 g/mol. The van der Waals surface area contributed by atoms with Crippen molar-refractivity contribution in [3.05, 3.63) is 63.8 Å². The number of hydrogen-bond donors (Lipinski definition) is 1. The Labute approximate surface area is 164 Å². The Bertz CT molecular complexity index is 1190. The van der Waals surface area contributed by atoms with Crippen LogP contribution in [0, 0.1) is 10.1 Å². The molecule has 28 heavy (non-hydrogen) atoms. The number of rotatable bonds is 6. The number of nitrogens with one attached hydrogen (secondary N) is 1. The van der Waals surface area contributed by atoms with Gasteiger partial charge in [0.2, 0.25) is 0 Å². The first-order chi connectivity index (χ1) is 13.2. The van der Waals surface area contributed by atoms with Crippen LogP contribution in [0.5, 0.6) is 0 Å². The van der Waals surface area contributed by atoms with Gasteiger partial charge in [0.05, 0.1) is 23.2 Å². The van der Waals surface area contributed by atoms with Gasteiger partial charge in [0, 0.05) is 28.7 Å². The maximum Gasteiger partial charge on any atom is 0.325 e. The van der Waals surface area contributed by atoms with E-state index in [9.17, 15) is 23.3 Å². The highest BCUT2D eigenvalue weighted by Gasteiger charge is 2.24. The summed E-state index contributed by atoms with van der Waals surface area (Å²) in [4.78, 5) is 21.9. The molecule has 0 fully saturated rings. The highest BCUT2D eigenvalue weighted by molar-refractivity contribution is 7.93. The van der Waals surface area contributed by atoms with Crippen LogP contribution in [0.4, 0.5) is 11.4 Å². The van der Waals surface area contributed by atoms with Crippen LogP contribution >= 0.6 is 11.6 Å². The molecule has 0 aliphatic carbocycles. The lowest BCUT2D eigenvalue weighted by Crippen LogP contribution is -2.13. The number of halogens is 1. The van der Waals surface area contributed by atoms with E-state index in [1.165, 1.54) is 42.1 Å². The number of nitro benzene ring substituents is 1. The second-order valence-corrected chi connectivity index (χ2v) is 7.86. The molecule has 0 atom stereocenters. The molecule has 3 rings (SSSR count). The number of esters is 1. The van der Waals surface area contributed by atoms with Crippen molar-refractivity contribution < 1.29 is 22.9 Å². The zero-order chi connectivity index (χ0) is 20.5. The minimum absolute atomic E-state index is 0.104. The van der Waals surface area contributed by atoms with Crippen molar-refractivity contribution in [2.75, 3.05) is 11.8 Å². The summed E-state index contributed by atoms with van der Waals surface area (Å²) in [6.07, 6.45) is 1.23. The van der Waals surface area contributed by atoms with Crippen LogP contribution in [0.25, 0.3) is 10.9 Å².